The van der Waals surface area contributed by atoms with Gasteiger partial charge in [0.1, 0.15) is 22.3 Å². The van der Waals surface area contributed by atoms with Gasteiger partial charge in [0.05, 0.1) is 7.11 Å². The van der Waals surface area contributed by atoms with Gasteiger partial charge in [0.2, 0.25) is 10.0 Å². The normalized spacial score (nSPS) is 21.7. The van der Waals surface area contributed by atoms with Crippen LogP contribution in [0, 0.1) is 17.7 Å². The van der Waals surface area contributed by atoms with Crippen molar-refractivity contribution in [2.75, 3.05) is 38.2 Å². The summed E-state index contributed by atoms with van der Waals surface area (Å²) in [5, 5.41) is 13.0. The second-order valence-electron chi connectivity index (χ2n) is 7.97. The van der Waals surface area contributed by atoms with Gasteiger partial charge in [-0.1, -0.05) is 6.92 Å². The molecule has 2 aliphatic heterocycles. The largest absolute Gasteiger partial charge is 0.495 e. The van der Waals surface area contributed by atoms with Gasteiger partial charge >= 0.3 is 0 Å². The molecule has 11 heteroatoms. The summed E-state index contributed by atoms with van der Waals surface area (Å²) in [4.78, 5) is 2.06. The lowest BCUT2D eigenvalue weighted by molar-refractivity contribution is 0.394. The highest BCUT2D eigenvalue weighted by Gasteiger charge is 2.45. The minimum Gasteiger partial charge on any atom is -0.495 e. The Morgan fingerprint density at radius 3 is 2.52 bits per heavy atom. The zero-order chi connectivity index (χ0) is 21.8. The van der Waals surface area contributed by atoms with Crippen molar-refractivity contribution in [3.05, 3.63) is 42.0 Å². The molecule has 164 valence electrons. The summed E-state index contributed by atoms with van der Waals surface area (Å²) in [5.41, 5.74) is 0.710. The number of ether oxygens (including phenoxy) is 1. The summed E-state index contributed by atoms with van der Waals surface area (Å²) < 4.78 is 48.5. The topological polar surface area (TPSA) is 92.9 Å². The average Bonchev–Trinajstić information content (AvgIpc) is 3.46. The number of methoxy groups -OCH3 is 1. The van der Waals surface area contributed by atoms with E-state index in [2.05, 4.69) is 15.1 Å². The molecular weight excluding hydrogens is 423 g/mol. The Labute approximate surface area is 179 Å². The predicted octanol–water partition coefficient (Wildman–Crippen LogP) is 1.59. The first kappa shape index (κ1) is 20.1. The van der Waals surface area contributed by atoms with Crippen LogP contribution in [-0.4, -0.2) is 65.8 Å². The molecule has 0 radical (unpaired) electrons. The van der Waals surface area contributed by atoms with E-state index in [9.17, 15) is 12.8 Å². The maximum absolute atomic E-state index is 13.7. The van der Waals surface area contributed by atoms with E-state index in [-0.39, 0.29) is 22.5 Å². The molecule has 0 bridgehead atoms. The first-order valence-electron chi connectivity index (χ1n) is 10.2. The van der Waals surface area contributed by atoms with E-state index >= 15 is 0 Å². The molecule has 2 saturated heterocycles. The second kappa shape index (κ2) is 7.41. The Kier molecular flexibility index (Phi) is 4.82. The van der Waals surface area contributed by atoms with Crippen molar-refractivity contribution < 1.29 is 17.5 Å². The molecule has 3 aromatic rings. The third-order valence-electron chi connectivity index (χ3n) is 6.15. The summed E-state index contributed by atoms with van der Waals surface area (Å²) in [7, 11) is -2.46. The fourth-order valence-electron chi connectivity index (χ4n) is 4.54. The van der Waals surface area contributed by atoms with Gasteiger partial charge in [-0.15, -0.1) is 15.3 Å². The van der Waals surface area contributed by atoms with E-state index in [0.29, 0.717) is 31.8 Å². The van der Waals surface area contributed by atoms with E-state index in [4.69, 9.17) is 9.84 Å². The Morgan fingerprint density at radius 2 is 1.84 bits per heavy atom. The van der Waals surface area contributed by atoms with E-state index in [1.165, 1.54) is 23.5 Å². The van der Waals surface area contributed by atoms with Crippen molar-refractivity contribution in [2.24, 2.45) is 11.8 Å². The Morgan fingerprint density at radius 1 is 1.10 bits per heavy atom. The minimum absolute atomic E-state index is 0.126. The number of hydrogen-bond acceptors (Lipinski definition) is 7. The van der Waals surface area contributed by atoms with Gasteiger partial charge in [0, 0.05) is 32.6 Å². The standard InChI is InChI=1S/C20H23FN6O3S/c1-3-18-22-23-19-6-7-20(24-27(18)19)25-9-13-11-26(12-14(13)10-25)31(28,29)17-8-15(21)4-5-16(17)30-2/h4-8,13-14H,3,9-12H2,1-2H3. The number of rotatable bonds is 5. The van der Waals surface area contributed by atoms with E-state index in [0.717, 1.165) is 24.1 Å². The Balaban J connectivity index is 1.35. The van der Waals surface area contributed by atoms with Gasteiger partial charge in [0.15, 0.2) is 11.5 Å². The Hall–Kier alpha value is -2.79. The molecule has 9 nitrogen and oxygen atoms in total. The molecule has 2 fully saturated rings. The lowest BCUT2D eigenvalue weighted by atomic mass is 10.0. The lowest BCUT2D eigenvalue weighted by Gasteiger charge is -2.22. The van der Waals surface area contributed by atoms with Crippen LogP contribution in [-0.2, 0) is 16.4 Å². The second-order valence-corrected chi connectivity index (χ2v) is 9.88. The molecule has 0 amide bonds. The highest BCUT2D eigenvalue weighted by Crippen LogP contribution is 2.37. The number of aryl methyl sites for hydroxylation is 1. The number of nitrogens with zero attached hydrogens (tertiary/aromatic N) is 6. The molecule has 4 heterocycles. The van der Waals surface area contributed by atoms with Crippen LogP contribution in [0.3, 0.4) is 0 Å². The maximum atomic E-state index is 13.7. The van der Waals surface area contributed by atoms with Crippen LogP contribution in [0.1, 0.15) is 12.7 Å². The monoisotopic (exact) mass is 446 g/mol. The van der Waals surface area contributed by atoms with Gasteiger partial charge in [-0.25, -0.2) is 12.8 Å². The quantitative estimate of drug-likeness (QED) is 0.588. The van der Waals surface area contributed by atoms with Crippen LogP contribution in [0.4, 0.5) is 10.2 Å². The first-order chi connectivity index (χ1) is 14.9. The molecular formula is C20H23FN6O3S. The van der Waals surface area contributed by atoms with E-state index in [1.807, 2.05) is 19.1 Å². The average molecular weight is 447 g/mol. The number of fused-ring (bicyclic) bond motifs is 2. The summed E-state index contributed by atoms with van der Waals surface area (Å²) in [6, 6.07) is 7.39. The third kappa shape index (κ3) is 3.32. The molecule has 0 N–H and O–H groups in total. The Bertz CT molecular complexity index is 1230. The van der Waals surface area contributed by atoms with Crippen molar-refractivity contribution in [3.8, 4) is 5.75 Å². The fourth-order valence-corrected chi connectivity index (χ4v) is 6.26. The van der Waals surface area contributed by atoms with Gasteiger partial charge in [-0.3, -0.25) is 0 Å². The molecule has 1 aromatic carbocycles. The number of anilines is 1. The highest BCUT2D eigenvalue weighted by molar-refractivity contribution is 7.89. The van der Waals surface area contributed by atoms with E-state index < -0.39 is 15.8 Å². The molecule has 2 aromatic heterocycles. The summed E-state index contributed by atoms with van der Waals surface area (Å²) in [6.45, 7) is 4.20. The summed E-state index contributed by atoms with van der Waals surface area (Å²) >= 11 is 0. The van der Waals surface area contributed by atoms with Crippen molar-refractivity contribution in [1.29, 1.82) is 0 Å². The number of sulfonamides is 1. The molecule has 0 spiro atoms. The zero-order valence-electron chi connectivity index (χ0n) is 17.3. The molecule has 0 aliphatic carbocycles. The van der Waals surface area contributed by atoms with Gasteiger partial charge < -0.3 is 9.64 Å². The highest BCUT2D eigenvalue weighted by atomic mass is 32.2. The van der Waals surface area contributed by atoms with E-state index in [1.54, 1.807) is 4.52 Å². The molecule has 2 unspecified atom stereocenters. The third-order valence-corrected chi connectivity index (χ3v) is 8.00. The van der Waals surface area contributed by atoms with Crippen LogP contribution >= 0.6 is 0 Å². The van der Waals surface area contributed by atoms with Crippen molar-refractivity contribution in [1.82, 2.24) is 24.1 Å². The zero-order valence-corrected chi connectivity index (χ0v) is 18.1. The maximum Gasteiger partial charge on any atom is 0.246 e. The summed E-state index contributed by atoms with van der Waals surface area (Å²) in [5.74, 6) is 1.54. The molecule has 2 atom stereocenters. The lowest BCUT2D eigenvalue weighted by Crippen LogP contribution is -2.34. The van der Waals surface area contributed by atoms with Gasteiger partial charge in [-0.2, -0.15) is 8.82 Å². The molecule has 31 heavy (non-hydrogen) atoms. The fraction of sp³-hybridized carbons (Fsp3) is 0.450. The van der Waals surface area contributed by atoms with Crippen molar-refractivity contribution >= 4 is 21.5 Å². The van der Waals surface area contributed by atoms with Crippen LogP contribution in [0.25, 0.3) is 5.65 Å². The van der Waals surface area contributed by atoms with Crippen LogP contribution < -0.4 is 9.64 Å². The molecule has 2 aliphatic rings. The van der Waals surface area contributed by atoms with Gasteiger partial charge in [-0.05, 0) is 42.2 Å². The number of halogens is 1. The predicted molar refractivity (Wildman–Crippen MR) is 111 cm³/mol. The van der Waals surface area contributed by atoms with Crippen molar-refractivity contribution in [3.63, 3.8) is 0 Å². The SMILES string of the molecule is CCc1nnc2ccc(N3CC4CN(S(=O)(=O)c5cc(F)ccc5OC)CC4C3)nn12. The molecule has 0 saturated carbocycles. The number of benzene rings is 1. The summed E-state index contributed by atoms with van der Waals surface area (Å²) in [6.07, 6.45) is 0.735. The van der Waals surface area contributed by atoms with Gasteiger partial charge in [0.25, 0.3) is 0 Å². The van der Waals surface area contributed by atoms with Crippen LogP contribution in [0.2, 0.25) is 0 Å². The minimum atomic E-state index is -3.84. The molecule has 5 rings (SSSR count). The smallest absolute Gasteiger partial charge is 0.246 e. The number of hydrogen-bond donors (Lipinski definition) is 0. The van der Waals surface area contributed by atoms with Crippen LogP contribution in [0.15, 0.2) is 35.2 Å². The number of aromatic nitrogens is 4. The van der Waals surface area contributed by atoms with Crippen molar-refractivity contribution in [2.45, 2.75) is 18.2 Å². The van der Waals surface area contributed by atoms with Crippen LogP contribution in [0.5, 0.6) is 5.75 Å². The first-order valence-corrected chi connectivity index (χ1v) is 11.6.